The number of rotatable bonds is 7. The highest BCUT2D eigenvalue weighted by molar-refractivity contribution is 6.30. The van der Waals surface area contributed by atoms with Gasteiger partial charge in [0.05, 0.1) is 11.0 Å². The molecule has 2 heterocycles. The molecular weight excluding hydrogens is 488 g/mol. The minimum Gasteiger partial charge on any atom is -0.489 e. The number of halogens is 3. The zero-order valence-electron chi connectivity index (χ0n) is 18.3. The molecule has 0 aliphatic rings. The molecule has 0 aliphatic carbocycles. The minimum absolute atomic E-state index is 0.0485. The van der Waals surface area contributed by atoms with Crippen LogP contribution in [-0.4, -0.2) is 21.2 Å². The summed E-state index contributed by atoms with van der Waals surface area (Å²) in [5, 5.41) is 0.891. The third-order valence-corrected chi connectivity index (χ3v) is 5.95. The maximum atomic E-state index is 14.2. The highest BCUT2D eigenvalue weighted by atomic mass is 35.5. The molecule has 0 atom stereocenters. The predicted molar refractivity (Wildman–Crippen MR) is 135 cm³/mol. The first-order chi connectivity index (χ1) is 17.0. The molecule has 174 valence electrons. The van der Waals surface area contributed by atoms with Crippen LogP contribution in [0.15, 0.2) is 72.8 Å². The number of hydrogen-bond acceptors (Lipinski definition) is 4. The van der Waals surface area contributed by atoms with Crippen LogP contribution in [0.2, 0.25) is 10.0 Å². The van der Waals surface area contributed by atoms with Crippen LogP contribution in [0.3, 0.4) is 0 Å². The number of carbonyl (C=O) groups is 1. The summed E-state index contributed by atoms with van der Waals surface area (Å²) in [5.41, 5.74) is 4.74. The largest absolute Gasteiger partial charge is 0.489 e. The van der Waals surface area contributed by atoms with E-state index in [9.17, 15) is 9.18 Å². The summed E-state index contributed by atoms with van der Waals surface area (Å²) < 4.78 is 20.1. The summed E-state index contributed by atoms with van der Waals surface area (Å²) in [4.78, 5) is 23.6. The molecule has 0 spiro atoms. The number of aldehydes is 1. The van der Waals surface area contributed by atoms with Gasteiger partial charge in [-0.1, -0.05) is 35.3 Å². The number of ether oxygens (including phenoxy) is 1. The van der Waals surface area contributed by atoms with Crippen LogP contribution in [0.1, 0.15) is 27.2 Å². The predicted octanol–water partition coefficient (Wildman–Crippen LogP) is 7.05. The molecule has 0 radical (unpaired) electrons. The SMILES string of the molecule is O=Cc1ccc2nc(-c3cccc(Cc4cc(Cl)ccc4OCc4ccc(Cl)cc4F)n3)[nH]c2c1. The Morgan fingerprint density at radius 2 is 1.74 bits per heavy atom. The van der Waals surface area contributed by atoms with Crippen molar-refractivity contribution in [2.45, 2.75) is 13.0 Å². The third-order valence-electron chi connectivity index (χ3n) is 5.48. The number of imidazole rings is 1. The Kier molecular flexibility index (Phi) is 6.49. The molecule has 5 nitrogen and oxygen atoms in total. The second-order valence-electron chi connectivity index (χ2n) is 7.95. The molecule has 0 aliphatic heterocycles. The molecule has 0 saturated heterocycles. The molecular formula is C27H18Cl2FN3O2. The van der Waals surface area contributed by atoms with Gasteiger partial charge in [-0.05, 0) is 60.7 Å². The third kappa shape index (κ3) is 5.19. The van der Waals surface area contributed by atoms with E-state index < -0.39 is 5.82 Å². The van der Waals surface area contributed by atoms with Gasteiger partial charge < -0.3 is 9.72 Å². The summed E-state index contributed by atoms with van der Waals surface area (Å²) in [7, 11) is 0. The van der Waals surface area contributed by atoms with Crippen molar-refractivity contribution in [1.82, 2.24) is 15.0 Å². The number of aromatic nitrogens is 3. The van der Waals surface area contributed by atoms with Crippen molar-refractivity contribution in [3.63, 3.8) is 0 Å². The Hall–Kier alpha value is -3.74. The number of nitrogens with zero attached hydrogens (tertiary/aromatic N) is 2. The summed E-state index contributed by atoms with van der Waals surface area (Å²) in [5.74, 6) is 0.764. The lowest BCUT2D eigenvalue weighted by Crippen LogP contribution is -2.02. The van der Waals surface area contributed by atoms with E-state index in [0.717, 1.165) is 28.6 Å². The minimum atomic E-state index is -0.423. The van der Waals surface area contributed by atoms with Crippen LogP contribution in [0.5, 0.6) is 5.75 Å². The van der Waals surface area contributed by atoms with Crippen LogP contribution < -0.4 is 4.74 Å². The lowest BCUT2D eigenvalue weighted by molar-refractivity contribution is 0.112. The van der Waals surface area contributed by atoms with Crippen LogP contribution >= 0.6 is 23.2 Å². The van der Waals surface area contributed by atoms with Crippen LogP contribution in [0.25, 0.3) is 22.6 Å². The van der Waals surface area contributed by atoms with Gasteiger partial charge in [-0.15, -0.1) is 0 Å². The van der Waals surface area contributed by atoms with E-state index in [4.69, 9.17) is 32.9 Å². The fraction of sp³-hybridized carbons (Fsp3) is 0.0741. The van der Waals surface area contributed by atoms with Gasteiger partial charge in [-0.3, -0.25) is 4.79 Å². The average Bonchev–Trinajstić information content (AvgIpc) is 3.28. The van der Waals surface area contributed by atoms with Crippen molar-refractivity contribution in [3.05, 3.63) is 111 Å². The van der Waals surface area contributed by atoms with Gasteiger partial charge in [0.25, 0.3) is 0 Å². The van der Waals surface area contributed by atoms with E-state index in [1.165, 1.54) is 6.07 Å². The van der Waals surface area contributed by atoms with Crippen LogP contribution in [0.4, 0.5) is 4.39 Å². The summed E-state index contributed by atoms with van der Waals surface area (Å²) in [6.45, 7) is 0.0485. The quantitative estimate of drug-likeness (QED) is 0.240. The standard InChI is InChI=1S/C27H18Cl2FN3O2/c28-19-7-9-26(35-15-17-5-6-20(29)13-22(17)30)18(11-19)12-21-2-1-3-24(31-21)27-32-23-8-4-16(14-34)10-25(23)33-27/h1-11,13-14H,12,15H2,(H,32,33). The maximum absolute atomic E-state index is 14.2. The summed E-state index contributed by atoms with van der Waals surface area (Å²) in [6, 6.07) is 20.7. The number of fused-ring (bicyclic) bond motifs is 1. The van der Waals surface area contributed by atoms with Crippen molar-refractivity contribution in [3.8, 4) is 17.3 Å². The fourth-order valence-corrected chi connectivity index (χ4v) is 4.10. The molecule has 0 amide bonds. The lowest BCUT2D eigenvalue weighted by atomic mass is 10.1. The van der Waals surface area contributed by atoms with Gasteiger partial charge in [-0.2, -0.15) is 0 Å². The summed E-state index contributed by atoms with van der Waals surface area (Å²) in [6.07, 6.45) is 1.24. The van der Waals surface area contributed by atoms with Gasteiger partial charge in [-0.25, -0.2) is 14.4 Å². The molecule has 0 fully saturated rings. The smallest absolute Gasteiger partial charge is 0.157 e. The number of benzene rings is 3. The molecule has 0 unspecified atom stereocenters. The Bertz CT molecular complexity index is 1550. The molecule has 8 heteroatoms. The molecule has 2 aromatic heterocycles. The number of aromatic amines is 1. The van der Waals surface area contributed by atoms with Gasteiger partial charge in [0.2, 0.25) is 0 Å². The van der Waals surface area contributed by atoms with E-state index in [-0.39, 0.29) is 6.61 Å². The molecule has 1 N–H and O–H groups in total. The molecule has 0 saturated carbocycles. The molecule has 0 bridgehead atoms. The first-order valence-electron chi connectivity index (χ1n) is 10.7. The topological polar surface area (TPSA) is 67.9 Å². The van der Waals surface area contributed by atoms with Crippen molar-refractivity contribution in [2.75, 3.05) is 0 Å². The second-order valence-corrected chi connectivity index (χ2v) is 8.82. The number of nitrogens with one attached hydrogen (secondary N) is 1. The van der Waals surface area contributed by atoms with Gasteiger partial charge >= 0.3 is 0 Å². The second kappa shape index (κ2) is 9.86. The Morgan fingerprint density at radius 3 is 2.57 bits per heavy atom. The van der Waals surface area contributed by atoms with Crippen molar-refractivity contribution < 1.29 is 13.9 Å². The van der Waals surface area contributed by atoms with E-state index in [0.29, 0.717) is 44.9 Å². The van der Waals surface area contributed by atoms with Crippen molar-refractivity contribution in [1.29, 1.82) is 0 Å². The Morgan fingerprint density at radius 1 is 0.914 bits per heavy atom. The van der Waals surface area contributed by atoms with E-state index in [1.54, 1.807) is 42.5 Å². The maximum Gasteiger partial charge on any atom is 0.157 e. The molecule has 35 heavy (non-hydrogen) atoms. The van der Waals surface area contributed by atoms with Gasteiger partial charge in [0.1, 0.15) is 30.2 Å². The zero-order chi connectivity index (χ0) is 24.4. The average molecular weight is 506 g/mol. The number of carbonyl (C=O) groups excluding carboxylic acids is 1. The van der Waals surface area contributed by atoms with E-state index in [1.807, 2.05) is 24.3 Å². The van der Waals surface area contributed by atoms with Crippen molar-refractivity contribution >= 4 is 40.5 Å². The molecule has 5 aromatic rings. The van der Waals surface area contributed by atoms with Gasteiger partial charge in [0, 0.05) is 38.9 Å². The number of H-pyrrole nitrogens is 1. The zero-order valence-corrected chi connectivity index (χ0v) is 19.8. The van der Waals surface area contributed by atoms with Crippen LogP contribution in [-0.2, 0) is 13.0 Å². The van der Waals surface area contributed by atoms with E-state index in [2.05, 4.69) is 9.97 Å². The molecule has 5 rings (SSSR count). The normalized spacial score (nSPS) is 11.1. The van der Waals surface area contributed by atoms with Crippen molar-refractivity contribution in [2.24, 2.45) is 0 Å². The highest BCUT2D eigenvalue weighted by Crippen LogP contribution is 2.28. The molecule has 3 aromatic carbocycles. The number of hydrogen-bond donors (Lipinski definition) is 1. The Labute approximate surface area is 210 Å². The Balaban J connectivity index is 1.40. The monoisotopic (exact) mass is 505 g/mol. The van der Waals surface area contributed by atoms with Crippen LogP contribution in [0, 0.1) is 5.82 Å². The highest BCUT2D eigenvalue weighted by Gasteiger charge is 2.12. The first kappa shape index (κ1) is 23.0. The van der Waals surface area contributed by atoms with E-state index >= 15 is 0 Å². The first-order valence-corrected chi connectivity index (χ1v) is 11.5. The lowest BCUT2D eigenvalue weighted by Gasteiger charge is -2.13. The van der Waals surface area contributed by atoms with Gasteiger partial charge in [0.15, 0.2) is 5.82 Å². The number of pyridine rings is 1. The summed E-state index contributed by atoms with van der Waals surface area (Å²) >= 11 is 12.1. The fourth-order valence-electron chi connectivity index (χ4n) is 3.75.